The fourth-order valence-corrected chi connectivity index (χ4v) is 3.58. The first-order valence-electron chi connectivity index (χ1n) is 8.59. The van der Waals surface area contributed by atoms with Crippen molar-refractivity contribution in [1.82, 2.24) is 15.6 Å². The molecule has 0 aliphatic heterocycles. The maximum atomic E-state index is 13.6. The number of amides is 1. The Morgan fingerprint density at radius 3 is 2.43 bits per heavy atom. The van der Waals surface area contributed by atoms with Gasteiger partial charge in [-0.2, -0.15) is 0 Å². The van der Waals surface area contributed by atoms with Crippen molar-refractivity contribution in [1.29, 1.82) is 0 Å². The molecule has 0 atom stereocenters. The van der Waals surface area contributed by atoms with E-state index in [1.165, 1.54) is 26.4 Å². The molecule has 9 nitrogen and oxygen atoms in total. The molecule has 0 aliphatic rings. The maximum Gasteiger partial charge on any atom is 0.243 e. The highest BCUT2D eigenvalue weighted by Gasteiger charge is 2.18. The van der Waals surface area contributed by atoms with Crippen molar-refractivity contribution >= 4 is 38.9 Å². The summed E-state index contributed by atoms with van der Waals surface area (Å²) >= 11 is 5.08. The number of nitrogens with one attached hydrogen (secondary N) is 4. The largest absolute Gasteiger partial charge is 0.493 e. The zero-order valence-electron chi connectivity index (χ0n) is 16.2. The van der Waals surface area contributed by atoms with Gasteiger partial charge in [0.2, 0.25) is 15.9 Å². The van der Waals surface area contributed by atoms with E-state index in [1.807, 2.05) is 0 Å². The van der Waals surface area contributed by atoms with Crippen LogP contribution in [0.4, 0.5) is 10.1 Å². The van der Waals surface area contributed by atoms with E-state index in [4.69, 9.17) is 21.7 Å². The third kappa shape index (κ3) is 6.54. The maximum absolute atomic E-state index is 13.6. The summed E-state index contributed by atoms with van der Waals surface area (Å²) in [6.45, 7) is -0.222. The van der Waals surface area contributed by atoms with Gasteiger partial charge in [0.1, 0.15) is 10.7 Å². The Hall–Kier alpha value is -2.96. The molecule has 12 heteroatoms. The summed E-state index contributed by atoms with van der Waals surface area (Å²) < 4.78 is 50.2. The lowest BCUT2D eigenvalue weighted by atomic mass is 10.3. The van der Waals surface area contributed by atoms with Crippen LogP contribution in [0.3, 0.4) is 0 Å². The zero-order chi connectivity index (χ0) is 22.1. The van der Waals surface area contributed by atoms with Gasteiger partial charge in [0.05, 0.1) is 14.2 Å². The van der Waals surface area contributed by atoms with E-state index in [0.29, 0.717) is 17.2 Å². The highest BCUT2D eigenvalue weighted by molar-refractivity contribution is 7.89. The molecule has 162 valence electrons. The molecule has 0 heterocycles. The molecule has 0 saturated heterocycles. The Morgan fingerprint density at radius 2 is 1.77 bits per heavy atom. The van der Waals surface area contributed by atoms with Gasteiger partial charge in [-0.05, 0) is 36.5 Å². The number of benzene rings is 2. The van der Waals surface area contributed by atoms with Crippen molar-refractivity contribution in [3.8, 4) is 11.5 Å². The Kier molecular flexibility index (Phi) is 8.33. The van der Waals surface area contributed by atoms with Gasteiger partial charge in [-0.25, -0.2) is 17.5 Å². The summed E-state index contributed by atoms with van der Waals surface area (Å²) in [5, 5.41) is 2.95. The summed E-state index contributed by atoms with van der Waals surface area (Å²) in [7, 11) is -1.04. The molecule has 0 bridgehead atoms. The quantitative estimate of drug-likeness (QED) is 0.349. The molecule has 30 heavy (non-hydrogen) atoms. The number of halogens is 1. The lowest BCUT2D eigenvalue weighted by molar-refractivity contribution is -0.121. The van der Waals surface area contributed by atoms with Gasteiger partial charge in [0, 0.05) is 24.7 Å². The van der Waals surface area contributed by atoms with Crippen LogP contribution < -0.4 is 30.4 Å². The van der Waals surface area contributed by atoms with Crippen molar-refractivity contribution in [3.63, 3.8) is 0 Å². The lowest BCUT2D eigenvalue weighted by Crippen LogP contribution is -2.44. The minimum Gasteiger partial charge on any atom is -0.493 e. The molecule has 0 fully saturated rings. The molecule has 0 unspecified atom stereocenters. The smallest absolute Gasteiger partial charge is 0.243 e. The number of methoxy groups -OCH3 is 2. The van der Waals surface area contributed by atoms with Gasteiger partial charge in [-0.15, -0.1) is 0 Å². The number of hydrazine groups is 1. The average Bonchev–Trinajstić information content (AvgIpc) is 2.72. The van der Waals surface area contributed by atoms with Crippen LogP contribution in [-0.2, 0) is 14.8 Å². The molecular formula is C18H21FN4O5S2. The molecule has 0 aromatic heterocycles. The normalized spacial score (nSPS) is 10.8. The van der Waals surface area contributed by atoms with Crippen molar-refractivity contribution in [2.75, 3.05) is 26.1 Å². The second-order valence-corrected chi connectivity index (χ2v) is 7.92. The number of carbonyl (C=O) groups is 1. The highest BCUT2D eigenvalue weighted by atomic mass is 32.2. The van der Waals surface area contributed by atoms with Crippen LogP contribution in [0.15, 0.2) is 47.4 Å². The molecule has 0 spiro atoms. The van der Waals surface area contributed by atoms with Crippen molar-refractivity contribution in [3.05, 3.63) is 48.3 Å². The fourth-order valence-electron chi connectivity index (χ4n) is 2.30. The summed E-state index contributed by atoms with van der Waals surface area (Å²) in [5.41, 5.74) is 5.43. The second kappa shape index (κ2) is 10.7. The minimum atomic E-state index is -4.06. The Morgan fingerprint density at radius 1 is 1.07 bits per heavy atom. The van der Waals surface area contributed by atoms with Crippen LogP contribution in [0.1, 0.15) is 6.42 Å². The van der Waals surface area contributed by atoms with E-state index in [2.05, 4.69) is 20.9 Å². The van der Waals surface area contributed by atoms with Crippen LogP contribution in [0.2, 0.25) is 0 Å². The van der Waals surface area contributed by atoms with Gasteiger partial charge in [-0.3, -0.25) is 15.6 Å². The molecule has 2 rings (SSSR count). The molecule has 0 saturated carbocycles. The van der Waals surface area contributed by atoms with Crippen molar-refractivity contribution in [2.24, 2.45) is 0 Å². The van der Waals surface area contributed by atoms with Crippen molar-refractivity contribution in [2.45, 2.75) is 11.3 Å². The van der Waals surface area contributed by atoms with Crippen LogP contribution in [0.25, 0.3) is 0 Å². The van der Waals surface area contributed by atoms with Crippen LogP contribution >= 0.6 is 12.2 Å². The number of hydrogen-bond donors (Lipinski definition) is 4. The molecule has 2 aromatic rings. The highest BCUT2D eigenvalue weighted by Crippen LogP contribution is 2.29. The molecular weight excluding hydrogens is 435 g/mol. The van der Waals surface area contributed by atoms with Gasteiger partial charge < -0.3 is 14.8 Å². The Labute approximate surface area is 179 Å². The topological polar surface area (TPSA) is 118 Å². The van der Waals surface area contributed by atoms with E-state index in [0.717, 1.165) is 12.1 Å². The van der Waals surface area contributed by atoms with E-state index in [-0.39, 0.29) is 18.1 Å². The van der Waals surface area contributed by atoms with Crippen LogP contribution in [0.5, 0.6) is 11.5 Å². The predicted molar refractivity (Wildman–Crippen MR) is 113 cm³/mol. The standard InChI is InChI=1S/C18H21FN4O5S2/c1-27-14-8-7-12(11-15(14)28-2)21-18(29)23-22-17(24)9-10-20-30(25,26)16-6-4-3-5-13(16)19/h3-8,11,20H,9-10H2,1-2H3,(H,22,24)(H2,21,23,29). The Balaban J connectivity index is 1.78. The van der Waals surface area contributed by atoms with Gasteiger partial charge in [-0.1, -0.05) is 12.1 Å². The second-order valence-electron chi connectivity index (χ2n) is 5.78. The number of anilines is 1. The first kappa shape index (κ1) is 23.3. The molecule has 4 N–H and O–H groups in total. The number of sulfonamides is 1. The fraction of sp³-hybridized carbons (Fsp3) is 0.222. The minimum absolute atomic E-state index is 0.0995. The molecule has 1 amide bonds. The van der Waals surface area contributed by atoms with Gasteiger partial charge in [0.15, 0.2) is 16.6 Å². The predicted octanol–water partition coefficient (Wildman–Crippen LogP) is 1.53. The third-order valence-electron chi connectivity index (χ3n) is 3.73. The van der Waals surface area contributed by atoms with E-state index < -0.39 is 26.6 Å². The van der Waals surface area contributed by atoms with Gasteiger partial charge in [0.25, 0.3) is 0 Å². The third-order valence-corrected chi connectivity index (χ3v) is 5.43. The van der Waals surface area contributed by atoms with Crippen molar-refractivity contribution < 1.29 is 27.1 Å². The molecule has 0 radical (unpaired) electrons. The summed E-state index contributed by atoms with van der Waals surface area (Å²) in [6, 6.07) is 10.0. The number of ether oxygens (including phenoxy) is 2. The van der Waals surface area contributed by atoms with E-state index in [1.54, 1.807) is 18.2 Å². The molecule has 2 aromatic carbocycles. The first-order chi connectivity index (χ1) is 14.3. The number of carbonyl (C=O) groups excluding carboxylic acids is 1. The monoisotopic (exact) mass is 456 g/mol. The summed E-state index contributed by atoms with van der Waals surface area (Å²) in [4.78, 5) is 11.4. The van der Waals surface area contributed by atoms with E-state index >= 15 is 0 Å². The average molecular weight is 457 g/mol. The molecule has 0 aliphatic carbocycles. The Bertz CT molecular complexity index is 1020. The number of rotatable bonds is 8. The van der Waals surface area contributed by atoms with Gasteiger partial charge >= 0.3 is 0 Å². The van der Waals surface area contributed by atoms with E-state index in [9.17, 15) is 17.6 Å². The number of hydrogen-bond acceptors (Lipinski definition) is 6. The lowest BCUT2D eigenvalue weighted by Gasteiger charge is -2.14. The summed E-state index contributed by atoms with van der Waals surface area (Å²) in [6.07, 6.45) is -0.195. The van der Waals surface area contributed by atoms with Crippen LogP contribution in [-0.4, -0.2) is 40.2 Å². The summed E-state index contributed by atoms with van der Waals surface area (Å²) in [5.74, 6) is -0.352. The SMILES string of the molecule is COc1ccc(NC(=S)NNC(=O)CCNS(=O)(=O)c2ccccc2F)cc1OC. The number of thiocarbonyl (C=S) groups is 1. The first-order valence-corrected chi connectivity index (χ1v) is 10.5. The van der Waals surface area contributed by atoms with Crippen LogP contribution in [0, 0.1) is 5.82 Å². The zero-order valence-corrected chi connectivity index (χ0v) is 17.8.